The van der Waals surface area contributed by atoms with Gasteiger partial charge in [0.2, 0.25) is 0 Å². The lowest BCUT2D eigenvalue weighted by molar-refractivity contribution is 0.426. The number of aliphatic imine (C=N–C) groups is 3. The van der Waals surface area contributed by atoms with Gasteiger partial charge in [0, 0.05) is 84.8 Å². The summed E-state index contributed by atoms with van der Waals surface area (Å²) in [6.07, 6.45) is 11.2. The number of thioether (sulfide) groups is 3. The molecular formula is C40H46N8S3. The van der Waals surface area contributed by atoms with Crippen molar-refractivity contribution in [2.45, 2.75) is 114 Å². The first-order valence-electron chi connectivity index (χ1n) is 17.3. The molecular weight excluding hydrogens is 689 g/mol. The molecule has 264 valence electrons. The van der Waals surface area contributed by atoms with Crippen LogP contribution < -0.4 is 0 Å². The molecule has 0 bridgehead atoms. The van der Waals surface area contributed by atoms with Gasteiger partial charge in [0.15, 0.2) is 5.82 Å². The van der Waals surface area contributed by atoms with Gasteiger partial charge in [-0.15, -0.1) is 0 Å². The first-order chi connectivity index (χ1) is 23.7. The lowest BCUT2D eigenvalue weighted by atomic mass is 9.91. The Morgan fingerprint density at radius 2 is 0.667 bits per heavy atom. The van der Waals surface area contributed by atoms with Gasteiger partial charge in [-0.05, 0) is 107 Å². The van der Waals surface area contributed by atoms with E-state index >= 15 is 0 Å². The summed E-state index contributed by atoms with van der Waals surface area (Å²) in [5.41, 5.74) is 6.40. The largest absolute Gasteiger partial charge is 0.270 e. The standard InChI is InChI=1S/C40H46N8S3/c1-35(2)38(7,8)49-32(46-35)26-13-23(17-41-20-26)29-16-30(24-14-27(21-42-18-24)33-47-36(3,4)39(9,10)50-33)45-31(44-29)25-15-28(22-43-19-25)34-48-37(5,6)40(11,12)51-34/h13-22H,1-12H3. The van der Waals surface area contributed by atoms with Gasteiger partial charge in [-0.25, -0.2) is 9.97 Å². The zero-order valence-electron chi connectivity index (χ0n) is 31.6. The highest BCUT2D eigenvalue weighted by atomic mass is 32.2. The molecule has 51 heavy (non-hydrogen) atoms. The molecule has 0 unspecified atom stereocenters. The van der Waals surface area contributed by atoms with E-state index in [4.69, 9.17) is 24.9 Å². The maximum atomic E-state index is 5.15. The van der Waals surface area contributed by atoms with Crippen LogP contribution in [0, 0.1) is 0 Å². The van der Waals surface area contributed by atoms with Crippen molar-refractivity contribution >= 4 is 50.4 Å². The van der Waals surface area contributed by atoms with Crippen molar-refractivity contribution in [1.82, 2.24) is 24.9 Å². The average molecular weight is 735 g/mol. The fraction of sp³-hybridized carbons (Fsp3) is 0.450. The van der Waals surface area contributed by atoms with E-state index in [1.807, 2.05) is 43.2 Å². The van der Waals surface area contributed by atoms with Crippen molar-refractivity contribution in [1.29, 1.82) is 0 Å². The second-order valence-electron chi connectivity index (χ2n) is 16.6. The monoisotopic (exact) mass is 734 g/mol. The highest BCUT2D eigenvalue weighted by molar-refractivity contribution is 8.16. The van der Waals surface area contributed by atoms with Crippen molar-refractivity contribution in [3.8, 4) is 33.9 Å². The molecule has 0 amide bonds. The predicted octanol–water partition coefficient (Wildman–Crippen LogP) is 9.81. The molecule has 4 aromatic heterocycles. The molecule has 11 heteroatoms. The summed E-state index contributed by atoms with van der Waals surface area (Å²) in [4.78, 5) is 39.6. The summed E-state index contributed by atoms with van der Waals surface area (Å²) < 4.78 is -0.124. The number of aromatic nitrogens is 5. The summed E-state index contributed by atoms with van der Waals surface area (Å²) in [5, 5.41) is 2.96. The van der Waals surface area contributed by atoms with Crippen LogP contribution in [0.2, 0.25) is 0 Å². The Bertz CT molecular complexity index is 1910. The molecule has 3 aliphatic rings. The van der Waals surface area contributed by atoms with Crippen LogP contribution in [0.4, 0.5) is 0 Å². The average Bonchev–Trinajstić information content (AvgIpc) is 3.54. The van der Waals surface area contributed by atoms with Crippen molar-refractivity contribution in [2.75, 3.05) is 0 Å². The van der Waals surface area contributed by atoms with Crippen molar-refractivity contribution in [3.05, 3.63) is 78.1 Å². The van der Waals surface area contributed by atoms with E-state index in [0.29, 0.717) is 5.82 Å². The summed E-state index contributed by atoms with van der Waals surface area (Å²) in [5.74, 6) is 0.569. The topological polar surface area (TPSA) is 102 Å². The molecule has 7 rings (SSSR count). The Labute approximate surface area is 314 Å². The fourth-order valence-electron chi connectivity index (χ4n) is 5.65. The molecule has 0 atom stereocenters. The first kappa shape index (κ1) is 36.0. The highest BCUT2D eigenvalue weighted by Gasteiger charge is 2.46. The van der Waals surface area contributed by atoms with Crippen LogP contribution >= 0.6 is 35.3 Å². The molecule has 0 radical (unpaired) electrons. The lowest BCUT2D eigenvalue weighted by Gasteiger charge is -2.30. The number of rotatable bonds is 6. The Hall–Kier alpha value is -3.41. The summed E-state index contributed by atoms with van der Waals surface area (Å²) in [6, 6.07) is 8.40. The zero-order chi connectivity index (χ0) is 36.8. The third-order valence-electron chi connectivity index (χ3n) is 11.2. The minimum Gasteiger partial charge on any atom is -0.270 e. The smallest absolute Gasteiger partial charge is 0.161 e. The van der Waals surface area contributed by atoms with Crippen LogP contribution in [0.3, 0.4) is 0 Å². The Kier molecular flexibility index (Phi) is 8.51. The van der Waals surface area contributed by atoms with Crippen LogP contribution in [-0.2, 0) is 0 Å². The second-order valence-corrected chi connectivity index (χ2v) is 21.4. The van der Waals surface area contributed by atoms with Gasteiger partial charge >= 0.3 is 0 Å². The molecule has 7 heterocycles. The van der Waals surface area contributed by atoms with Crippen molar-refractivity contribution in [3.63, 3.8) is 0 Å². The van der Waals surface area contributed by atoms with E-state index < -0.39 is 0 Å². The SMILES string of the molecule is CC1(C)N=C(c2cncc(-c3cc(-c4cncc(C5=NC(C)(C)C(C)(C)S5)c4)nc(-c4cncc(C5=NC(C)(C)C(C)(C)S5)c4)n3)c2)SC1(C)C. The third kappa shape index (κ3) is 6.48. The predicted molar refractivity (Wildman–Crippen MR) is 219 cm³/mol. The van der Waals surface area contributed by atoms with Gasteiger partial charge in [0.1, 0.15) is 15.1 Å². The van der Waals surface area contributed by atoms with Gasteiger partial charge in [-0.2, -0.15) is 0 Å². The molecule has 3 aliphatic heterocycles. The van der Waals surface area contributed by atoms with Crippen LogP contribution in [0.5, 0.6) is 0 Å². The number of hydrogen-bond acceptors (Lipinski definition) is 11. The van der Waals surface area contributed by atoms with Crippen LogP contribution in [0.15, 0.2) is 76.4 Å². The van der Waals surface area contributed by atoms with Gasteiger partial charge in [-0.1, -0.05) is 35.3 Å². The molecule has 0 aromatic carbocycles. The minimum atomic E-state index is -0.207. The number of hydrogen-bond donors (Lipinski definition) is 0. The molecule has 0 spiro atoms. The Morgan fingerprint density at radius 1 is 0.373 bits per heavy atom. The maximum absolute atomic E-state index is 5.15. The zero-order valence-corrected chi connectivity index (χ0v) is 34.0. The van der Waals surface area contributed by atoms with Gasteiger partial charge in [0.05, 0.1) is 28.0 Å². The van der Waals surface area contributed by atoms with Gasteiger partial charge in [-0.3, -0.25) is 29.9 Å². The molecule has 8 nitrogen and oxygen atoms in total. The van der Waals surface area contributed by atoms with Crippen LogP contribution in [0.1, 0.15) is 99.8 Å². The molecule has 0 saturated carbocycles. The van der Waals surface area contributed by atoms with Gasteiger partial charge < -0.3 is 0 Å². The summed E-state index contributed by atoms with van der Waals surface area (Å²) in [7, 11) is 0. The molecule has 0 aliphatic carbocycles. The fourth-order valence-corrected chi connectivity index (χ4v) is 9.50. The highest BCUT2D eigenvalue weighted by Crippen LogP contribution is 2.49. The first-order valence-corrected chi connectivity index (χ1v) is 19.8. The van der Waals surface area contributed by atoms with E-state index in [-0.39, 0.29) is 30.9 Å². The van der Waals surface area contributed by atoms with E-state index in [9.17, 15) is 0 Å². The van der Waals surface area contributed by atoms with E-state index in [2.05, 4.69) is 116 Å². The Balaban J connectivity index is 1.35. The third-order valence-corrected chi connectivity index (χ3v) is 15.7. The van der Waals surface area contributed by atoms with E-state index in [0.717, 1.165) is 59.9 Å². The second kappa shape index (κ2) is 12.1. The molecule has 0 fully saturated rings. The van der Waals surface area contributed by atoms with E-state index in [1.165, 1.54) is 0 Å². The lowest BCUT2D eigenvalue weighted by Crippen LogP contribution is -2.36. The summed E-state index contributed by atoms with van der Waals surface area (Å²) in [6.45, 7) is 26.6. The Morgan fingerprint density at radius 3 is 0.980 bits per heavy atom. The van der Waals surface area contributed by atoms with Crippen molar-refractivity contribution in [2.24, 2.45) is 15.0 Å². The minimum absolute atomic E-state index is 0.0394. The summed E-state index contributed by atoms with van der Waals surface area (Å²) >= 11 is 5.37. The van der Waals surface area contributed by atoms with Crippen molar-refractivity contribution < 1.29 is 0 Å². The molecule has 0 N–H and O–H groups in total. The molecule has 0 saturated heterocycles. The number of pyridine rings is 3. The van der Waals surface area contributed by atoms with Crippen LogP contribution in [-0.4, -0.2) is 70.9 Å². The maximum Gasteiger partial charge on any atom is 0.161 e. The van der Waals surface area contributed by atoms with E-state index in [1.54, 1.807) is 35.3 Å². The normalized spacial score (nSPS) is 22.0. The quantitative estimate of drug-likeness (QED) is 0.193. The van der Waals surface area contributed by atoms with Crippen LogP contribution in [0.25, 0.3) is 33.9 Å². The number of nitrogens with zero attached hydrogens (tertiary/aromatic N) is 8. The molecule has 4 aromatic rings. The van der Waals surface area contributed by atoms with Gasteiger partial charge in [0.25, 0.3) is 0 Å².